The van der Waals surface area contributed by atoms with E-state index in [0.717, 1.165) is 42.7 Å². The summed E-state index contributed by atoms with van der Waals surface area (Å²) < 4.78 is 25.9. The van der Waals surface area contributed by atoms with Crippen LogP contribution in [0.3, 0.4) is 0 Å². The van der Waals surface area contributed by atoms with Gasteiger partial charge >= 0.3 is 0 Å². The molecule has 1 fully saturated rings. The lowest BCUT2D eigenvalue weighted by Gasteiger charge is -2.26. The molecule has 1 aromatic carbocycles. The average molecular weight is 296 g/mol. The third-order valence-electron chi connectivity index (χ3n) is 3.82. The van der Waals surface area contributed by atoms with Crippen molar-refractivity contribution in [3.8, 4) is 0 Å². The molecule has 0 radical (unpaired) electrons. The van der Waals surface area contributed by atoms with E-state index in [1.165, 1.54) is 6.26 Å². The van der Waals surface area contributed by atoms with Gasteiger partial charge in [-0.25, -0.2) is 8.42 Å². The van der Waals surface area contributed by atoms with Gasteiger partial charge < -0.3 is 5.32 Å². The summed E-state index contributed by atoms with van der Waals surface area (Å²) in [5.74, 6) is 0.818. The molecule has 0 aromatic heterocycles. The molecule has 112 valence electrons. The summed E-state index contributed by atoms with van der Waals surface area (Å²) in [6, 6.07) is 6.21. The van der Waals surface area contributed by atoms with Crippen molar-refractivity contribution >= 4 is 15.7 Å². The Morgan fingerprint density at radius 1 is 1.25 bits per heavy atom. The van der Waals surface area contributed by atoms with Gasteiger partial charge in [-0.3, -0.25) is 4.72 Å². The minimum absolute atomic E-state index is 0.386. The maximum Gasteiger partial charge on any atom is 0.229 e. The number of sulfonamides is 1. The van der Waals surface area contributed by atoms with Crippen LogP contribution in [0.25, 0.3) is 0 Å². The second kappa shape index (κ2) is 6.14. The molecule has 1 aromatic rings. The monoisotopic (exact) mass is 296 g/mol. The lowest BCUT2D eigenvalue weighted by atomic mass is 9.87. The molecule has 2 N–H and O–H groups in total. The molecular weight excluding hydrogens is 272 g/mol. The summed E-state index contributed by atoms with van der Waals surface area (Å²) in [6.07, 6.45) is 3.32. The van der Waals surface area contributed by atoms with Crippen molar-refractivity contribution in [2.45, 2.75) is 38.5 Å². The highest BCUT2D eigenvalue weighted by molar-refractivity contribution is 7.92. The van der Waals surface area contributed by atoms with E-state index in [0.29, 0.717) is 11.8 Å². The summed E-state index contributed by atoms with van der Waals surface area (Å²) in [5, 5.41) is 3.34. The Morgan fingerprint density at radius 3 is 2.45 bits per heavy atom. The van der Waals surface area contributed by atoms with Crippen LogP contribution in [0.4, 0.5) is 5.69 Å². The number of hydrogen-bond acceptors (Lipinski definition) is 3. The SMILES string of the molecule is CC(C)c1ccc(C2CCNCC2)c(NS(C)(=O)=O)c1. The second-order valence-corrected chi connectivity index (χ2v) is 7.65. The summed E-state index contributed by atoms with van der Waals surface area (Å²) in [4.78, 5) is 0. The Kier molecular flexibility index (Phi) is 4.70. The Labute approximate surface area is 122 Å². The van der Waals surface area contributed by atoms with Crippen LogP contribution in [-0.4, -0.2) is 27.8 Å². The van der Waals surface area contributed by atoms with E-state index in [1.807, 2.05) is 6.07 Å². The van der Waals surface area contributed by atoms with Gasteiger partial charge in [0.25, 0.3) is 0 Å². The van der Waals surface area contributed by atoms with Crippen LogP contribution in [0.5, 0.6) is 0 Å². The maximum atomic E-state index is 11.6. The zero-order valence-electron chi connectivity index (χ0n) is 12.4. The predicted molar refractivity (Wildman–Crippen MR) is 83.8 cm³/mol. The lowest BCUT2D eigenvalue weighted by Crippen LogP contribution is -2.27. The Morgan fingerprint density at radius 2 is 1.90 bits per heavy atom. The largest absolute Gasteiger partial charge is 0.317 e. The Bertz CT molecular complexity index is 561. The van der Waals surface area contributed by atoms with Gasteiger partial charge in [0.2, 0.25) is 10.0 Å². The van der Waals surface area contributed by atoms with Crippen LogP contribution in [0, 0.1) is 0 Å². The molecule has 4 nitrogen and oxygen atoms in total. The number of anilines is 1. The standard InChI is InChI=1S/C15H24N2O2S/c1-11(2)13-4-5-14(12-6-8-16-9-7-12)15(10-13)17-20(3,18)19/h4-5,10-12,16-17H,6-9H2,1-3H3. The molecule has 1 heterocycles. The van der Waals surface area contributed by atoms with Gasteiger partial charge in [0.15, 0.2) is 0 Å². The lowest BCUT2D eigenvalue weighted by molar-refractivity contribution is 0.461. The van der Waals surface area contributed by atoms with Gasteiger partial charge in [-0.2, -0.15) is 0 Å². The highest BCUT2D eigenvalue weighted by atomic mass is 32.2. The molecule has 1 aliphatic rings. The quantitative estimate of drug-likeness (QED) is 0.898. The fourth-order valence-corrected chi connectivity index (χ4v) is 3.29. The van der Waals surface area contributed by atoms with Crippen molar-refractivity contribution in [1.29, 1.82) is 0 Å². The van der Waals surface area contributed by atoms with Gasteiger partial charge in [-0.15, -0.1) is 0 Å². The number of piperidine rings is 1. The molecule has 0 amide bonds. The zero-order chi connectivity index (χ0) is 14.8. The molecule has 0 bridgehead atoms. The fraction of sp³-hybridized carbons (Fsp3) is 0.600. The molecule has 0 aliphatic carbocycles. The van der Waals surface area contributed by atoms with Crippen LogP contribution in [0.1, 0.15) is 49.7 Å². The van der Waals surface area contributed by atoms with Gasteiger partial charge in [0.1, 0.15) is 0 Å². The Balaban J connectivity index is 2.38. The predicted octanol–water partition coefficient (Wildman–Crippen LogP) is 2.65. The van der Waals surface area contributed by atoms with E-state index in [2.05, 4.69) is 36.0 Å². The molecule has 1 aliphatic heterocycles. The molecule has 0 unspecified atom stereocenters. The minimum Gasteiger partial charge on any atom is -0.317 e. The van der Waals surface area contributed by atoms with Gasteiger partial charge in [-0.05, 0) is 55.0 Å². The first kappa shape index (κ1) is 15.3. The average Bonchev–Trinajstić information content (AvgIpc) is 2.37. The maximum absolute atomic E-state index is 11.6. The highest BCUT2D eigenvalue weighted by Gasteiger charge is 2.20. The molecule has 2 rings (SSSR count). The summed E-state index contributed by atoms with van der Waals surface area (Å²) in [6.45, 7) is 6.22. The van der Waals surface area contributed by atoms with Crippen molar-refractivity contribution in [2.75, 3.05) is 24.1 Å². The van der Waals surface area contributed by atoms with Crippen LogP contribution in [0.15, 0.2) is 18.2 Å². The summed E-state index contributed by atoms with van der Waals surface area (Å²) in [7, 11) is -3.25. The first-order valence-corrected chi connectivity index (χ1v) is 9.08. The van der Waals surface area contributed by atoms with Crippen molar-refractivity contribution in [3.05, 3.63) is 29.3 Å². The number of hydrogen-bond donors (Lipinski definition) is 2. The van der Waals surface area contributed by atoms with Crippen LogP contribution < -0.4 is 10.0 Å². The van der Waals surface area contributed by atoms with Gasteiger partial charge in [0, 0.05) is 0 Å². The number of nitrogens with one attached hydrogen (secondary N) is 2. The van der Waals surface area contributed by atoms with Gasteiger partial charge in [-0.1, -0.05) is 26.0 Å². The summed E-state index contributed by atoms with van der Waals surface area (Å²) >= 11 is 0. The zero-order valence-corrected chi connectivity index (χ0v) is 13.3. The van der Waals surface area contributed by atoms with Crippen molar-refractivity contribution < 1.29 is 8.42 Å². The smallest absolute Gasteiger partial charge is 0.229 e. The summed E-state index contributed by atoms with van der Waals surface area (Å²) in [5.41, 5.74) is 3.04. The molecule has 20 heavy (non-hydrogen) atoms. The van der Waals surface area contributed by atoms with E-state index < -0.39 is 10.0 Å². The van der Waals surface area contributed by atoms with Crippen LogP contribution in [-0.2, 0) is 10.0 Å². The third kappa shape index (κ3) is 3.96. The van der Waals surface area contributed by atoms with Crippen molar-refractivity contribution in [3.63, 3.8) is 0 Å². The molecule has 0 saturated carbocycles. The van der Waals surface area contributed by atoms with Crippen LogP contribution >= 0.6 is 0 Å². The molecule has 1 saturated heterocycles. The van der Waals surface area contributed by atoms with Crippen molar-refractivity contribution in [2.24, 2.45) is 0 Å². The fourth-order valence-electron chi connectivity index (χ4n) is 2.71. The molecule has 0 atom stereocenters. The van der Waals surface area contributed by atoms with Gasteiger partial charge in [0.05, 0.1) is 11.9 Å². The van der Waals surface area contributed by atoms with E-state index >= 15 is 0 Å². The third-order valence-corrected chi connectivity index (χ3v) is 4.41. The molecular formula is C15H24N2O2S. The van der Waals surface area contributed by atoms with E-state index in [4.69, 9.17) is 0 Å². The Hall–Kier alpha value is -1.07. The van der Waals surface area contributed by atoms with E-state index in [1.54, 1.807) is 0 Å². The number of benzene rings is 1. The van der Waals surface area contributed by atoms with E-state index in [9.17, 15) is 8.42 Å². The second-order valence-electron chi connectivity index (χ2n) is 5.90. The molecule has 5 heteroatoms. The van der Waals surface area contributed by atoms with Crippen molar-refractivity contribution in [1.82, 2.24) is 5.32 Å². The van der Waals surface area contributed by atoms with Crippen LogP contribution in [0.2, 0.25) is 0 Å². The first-order chi connectivity index (χ1) is 9.37. The normalized spacial score (nSPS) is 17.4. The number of rotatable bonds is 4. The molecule has 0 spiro atoms. The minimum atomic E-state index is -3.25. The first-order valence-electron chi connectivity index (χ1n) is 7.19. The highest BCUT2D eigenvalue weighted by Crippen LogP contribution is 2.33. The topological polar surface area (TPSA) is 58.2 Å². The van der Waals surface area contributed by atoms with E-state index in [-0.39, 0.29) is 0 Å².